The first-order valence-corrected chi connectivity index (χ1v) is 9.31. The van der Waals surface area contributed by atoms with Crippen molar-refractivity contribution < 1.29 is 19.1 Å². The predicted molar refractivity (Wildman–Crippen MR) is 101 cm³/mol. The molecule has 0 fully saturated rings. The molecule has 2 rings (SSSR count). The first-order valence-electron chi connectivity index (χ1n) is 8.09. The van der Waals surface area contributed by atoms with Gasteiger partial charge in [-0.25, -0.2) is 9.78 Å². The highest BCUT2D eigenvalue weighted by molar-refractivity contribution is 7.98. The van der Waals surface area contributed by atoms with Crippen LogP contribution in [-0.2, 0) is 16.1 Å². The van der Waals surface area contributed by atoms with E-state index >= 15 is 0 Å². The van der Waals surface area contributed by atoms with E-state index in [0.29, 0.717) is 16.4 Å². The number of ether oxygens (including phenoxy) is 1. The maximum atomic E-state index is 12.6. The van der Waals surface area contributed by atoms with Crippen molar-refractivity contribution in [3.8, 4) is 0 Å². The molecule has 2 aromatic rings. The Bertz CT molecular complexity index is 939. The van der Waals surface area contributed by atoms with Gasteiger partial charge >= 0.3 is 5.97 Å². The summed E-state index contributed by atoms with van der Waals surface area (Å²) in [6, 6.07) is 6.47. The summed E-state index contributed by atoms with van der Waals surface area (Å²) in [6.45, 7) is 2.84. The number of aromatic nitrogens is 2. The Kier molecular flexibility index (Phi) is 6.89. The predicted octanol–water partition coefficient (Wildman–Crippen LogP) is 1.98. The van der Waals surface area contributed by atoms with Crippen LogP contribution in [0.15, 0.2) is 40.4 Å². The topological polar surface area (TPSA) is 107 Å². The molecular weight excluding hydrogens is 370 g/mol. The van der Waals surface area contributed by atoms with Crippen LogP contribution in [0.3, 0.4) is 0 Å². The second kappa shape index (κ2) is 9.13. The number of carbonyl (C=O) groups is 3. The van der Waals surface area contributed by atoms with E-state index in [9.17, 15) is 19.2 Å². The number of amides is 1. The van der Waals surface area contributed by atoms with Crippen molar-refractivity contribution in [3.63, 3.8) is 0 Å². The standard InChI is InChI=1S/C18H19N3O5S/c1-4-26-17(25)14-9-19-18(27-3)21(16(14)24)10-15(23)20-13-7-5-6-12(8-13)11(2)22/h5-9H,4,10H2,1-3H3,(H,20,23). The van der Waals surface area contributed by atoms with Gasteiger partial charge in [-0.3, -0.25) is 19.0 Å². The zero-order valence-electron chi connectivity index (χ0n) is 15.1. The van der Waals surface area contributed by atoms with Crippen LogP contribution in [0, 0.1) is 0 Å². The highest BCUT2D eigenvalue weighted by Crippen LogP contribution is 2.13. The molecule has 0 spiro atoms. The van der Waals surface area contributed by atoms with Crippen molar-refractivity contribution in [2.24, 2.45) is 0 Å². The van der Waals surface area contributed by atoms with E-state index < -0.39 is 17.4 Å². The zero-order valence-corrected chi connectivity index (χ0v) is 16.0. The molecular formula is C18H19N3O5S. The average molecular weight is 389 g/mol. The molecule has 0 radical (unpaired) electrons. The van der Waals surface area contributed by atoms with E-state index in [-0.39, 0.29) is 24.5 Å². The van der Waals surface area contributed by atoms with Gasteiger partial charge in [-0.1, -0.05) is 23.9 Å². The minimum Gasteiger partial charge on any atom is -0.462 e. The van der Waals surface area contributed by atoms with Crippen molar-refractivity contribution in [1.82, 2.24) is 9.55 Å². The third-order valence-corrected chi connectivity index (χ3v) is 4.23. The summed E-state index contributed by atoms with van der Waals surface area (Å²) < 4.78 is 5.95. The van der Waals surface area contributed by atoms with Crippen LogP contribution in [0.2, 0.25) is 0 Å². The second-order valence-electron chi connectivity index (χ2n) is 5.46. The molecule has 1 aromatic carbocycles. The lowest BCUT2D eigenvalue weighted by molar-refractivity contribution is -0.116. The third-order valence-electron chi connectivity index (χ3n) is 3.54. The molecule has 0 saturated heterocycles. The summed E-state index contributed by atoms with van der Waals surface area (Å²) in [4.78, 5) is 52.3. The Morgan fingerprint density at radius 2 is 2.04 bits per heavy atom. The maximum Gasteiger partial charge on any atom is 0.345 e. The lowest BCUT2D eigenvalue weighted by Gasteiger charge is -2.12. The number of nitrogens with one attached hydrogen (secondary N) is 1. The lowest BCUT2D eigenvalue weighted by Crippen LogP contribution is -2.33. The molecule has 0 aliphatic heterocycles. The van der Waals surface area contributed by atoms with Crippen LogP contribution in [0.5, 0.6) is 0 Å². The summed E-state index contributed by atoms with van der Waals surface area (Å²) >= 11 is 1.17. The Morgan fingerprint density at radius 3 is 2.67 bits per heavy atom. The van der Waals surface area contributed by atoms with Crippen molar-refractivity contribution in [1.29, 1.82) is 0 Å². The SMILES string of the molecule is CCOC(=O)c1cnc(SC)n(CC(=O)Nc2cccc(C(C)=O)c2)c1=O. The largest absolute Gasteiger partial charge is 0.462 e. The highest BCUT2D eigenvalue weighted by Gasteiger charge is 2.19. The fourth-order valence-corrected chi connectivity index (χ4v) is 2.81. The van der Waals surface area contributed by atoms with Crippen molar-refractivity contribution >= 4 is 35.1 Å². The number of ketones is 1. The van der Waals surface area contributed by atoms with E-state index in [1.54, 1.807) is 37.4 Å². The summed E-state index contributed by atoms with van der Waals surface area (Å²) in [5, 5.41) is 2.93. The molecule has 0 unspecified atom stereocenters. The number of hydrogen-bond acceptors (Lipinski definition) is 7. The number of Topliss-reactive ketones (excluding diaryl/α,β-unsaturated/α-hetero) is 1. The molecule has 0 bridgehead atoms. The van der Waals surface area contributed by atoms with Gasteiger partial charge in [0.25, 0.3) is 5.56 Å². The number of esters is 1. The number of rotatable bonds is 7. The molecule has 8 nitrogen and oxygen atoms in total. The fraction of sp³-hybridized carbons (Fsp3) is 0.278. The van der Waals surface area contributed by atoms with Gasteiger partial charge in [-0.05, 0) is 32.2 Å². The van der Waals surface area contributed by atoms with E-state index in [4.69, 9.17) is 4.74 Å². The van der Waals surface area contributed by atoms with Crippen molar-refractivity contribution in [2.45, 2.75) is 25.5 Å². The first-order chi connectivity index (χ1) is 12.9. The van der Waals surface area contributed by atoms with Gasteiger partial charge in [0, 0.05) is 11.3 Å². The Hall–Kier alpha value is -2.94. The molecule has 1 N–H and O–H groups in total. The van der Waals surface area contributed by atoms with E-state index in [1.165, 1.54) is 18.7 Å². The maximum absolute atomic E-state index is 12.6. The third kappa shape index (κ3) is 5.04. The number of nitrogens with zero attached hydrogens (tertiary/aromatic N) is 2. The van der Waals surface area contributed by atoms with Gasteiger partial charge < -0.3 is 10.1 Å². The van der Waals surface area contributed by atoms with E-state index in [0.717, 1.165) is 10.8 Å². The first kappa shape index (κ1) is 20.4. The molecule has 9 heteroatoms. The Morgan fingerprint density at radius 1 is 1.30 bits per heavy atom. The summed E-state index contributed by atoms with van der Waals surface area (Å²) in [7, 11) is 0. The summed E-state index contributed by atoms with van der Waals surface area (Å²) in [6.07, 6.45) is 2.85. The number of hydrogen-bond donors (Lipinski definition) is 1. The average Bonchev–Trinajstić information content (AvgIpc) is 2.63. The van der Waals surface area contributed by atoms with Gasteiger partial charge in [-0.15, -0.1) is 0 Å². The number of benzene rings is 1. The molecule has 1 heterocycles. The quantitative estimate of drug-likeness (QED) is 0.334. The van der Waals surface area contributed by atoms with Crippen LogP contribution in [0.4, 0.5) is 5.69 Å². The molecule has 1 aromatic heterocycles. The van der Waals surface area contributed by atoms with Crippen LogP contribution < -0.4 is 10.9 Å². The lowest BCUT2D eigenvalue weighted by atomic mass is 10.1. The number of thioether (sulfide) groups is 1. The number of anilines is 1. The van der Waals surface area contributed by atoms with E-state index in [2.05, 4.69) is 10.3 Å². The van der Waals surface area contributed by atoms with E-state index in [1.807, 2.05) is 0 Å². The second-order valence-corrected chi connectivity index (χ2v) is 6.23. The Balaban J connectivity index is 2.27. The molecule has 142 valence electrons. The summed E-state index contributed by atoms with van der Waals surface area (Å²) in [5.41, 5.74) is 0.00293. The van der Waals surface area contributed by atoms with Crippen molar-refractivity contribution in [2.75, 3.05) is 18.2 Å². The molecule has 0 atom stereocenters. The monoisotopic (exact) mass is 389 g/mol. The Labute approximate surface area is 159 Å². The highest BCUT2D eigenvalue weighted by atomic mass is 32.2. The van der Waals surface area contributed by atoms with Gasteiger partial charge in [-0.2, -0.15) is 0 Å². The normalized spacial score (nSPS) is 10.3. The van der Waals surface area contributed by atoms with Crippen LogP contribution in [0.25, 0.3) is 0 Å². The molecule has 1 amide bonds. The molecule has 27 heavy (non-hydrogen) atoms. The van der Waals surface area contributed by atoms with Gasteiger partial charge in [0.05, 0.1) is 12.8 Å². The zero-order chi connectivity index (χ0) is 20.0. The van der Waals surface area contributed by atoms with Crippen LogP contribution in [-0.4, -0.2) is 40.1 Å². The number of carbonyl (C=O) groups excluding carboxylic acids is 3. The molecule has 0 saturated carbocycles. The molecule has 0 aliphatic carbocycles. The van der Waals surface area contributed by atoms with Crippen LogP contribution >= 0.6 is 11.8 Å². The smallest absolute Gasteiger partial charge is 0.345 e. The van der Waals surface area contributed by atoms with Crippen molar-refractivity contribution in [3.05, 3.63) is 51.9 Å². The summed E-state index contributed by atoms with van der Waals surface area (Å²) in [5.74, 6) is -1.40. The minimum atomic E-state index is -0.786. The van der Waals surface area contributed by atoms with Crippen LogP contribution in [0.1, 0.15) is 34.6 Å². The fourth-order valence-electron chi connectivity index (χ4n) is 2.29. The van der Waals surface area contributed by atoms with Gasteiger partial charge in [0.15, 0.2) is 10.9 Å². The van der Waals surface area contributed by atoms with Gasteiger partial charge in [0.2, 0.25) is 5.91 Å². The van der Waals surface area contributed by atoms with Gasteiger partial charge in [0.1, 0.15) is 12.1 Å². The molecule has 0 aliphatic rings. The minimum absolute atomic E-state index is 0.121.